The highest BCUT2D eigenvalue weighted by Gasteiger charge is 2.05. The third-order valence-electron chi connectivity index (χ3n) is 5.28. The maximum Gasteiger partial charge on any atom is 0.224 e. The quantitative estimate of drug-likeness (QED) is 0.395. The van der Waals surface area contributed by atoms with E-state index in [1.54, 1.807) is 6.20 Å². The first-order valence-electron chi connectivity index (χ1n) is 9.62. The van der Waals surface area contributed by atoms with E-state index in [0.29, 0.717) is 12.5 Å². The molecule has 3 heterocycles. The molecule has 0 radical (unpaired) electrons. The number of rotatable bonds is 5. The molecule has 29 heavy (non-hydrogen) atoms. The van der Waals surface area contributed by atoms with Crippen molar-refractivity contribution < 1.29 is 0 Å². The molecule has 3 aromatic heterocycles. The number of anilines is 3. The average molecular weight is 382 g/mol. The van der Waals surface area contributed by atoms with Crippen LogP contribution in [0.15, 0.2) is 67.0 Å². The van der Waals surface area contributed by atoms with Crippen molar-refractivity contribution in [3.8, 4) is 0 Å². The average Bonchev–Trinajstić information content (AvgIpc) is 3.30. The van der Waals surface area contributed by atoms with Gasteiger partial charge in [-0.05, 0) is 66.4 Å². The smallest absolute Gasteiger partial charge is 0.224 e. The number of nitrogens with one attached hydrogen (secondary N) is 3. The zero-order valence-corrected chi connectivity index (χ0v) is 16.4. The van der Waals surface area contributed by atoms with Crippen LogP contribution in [0.4, 0.5) is 17.5 Å². The van der Waals surface area contributed by atoms with Crippen molar-refractivity contribution in [2.24, 2.45) is 7.05 Å². The molecule has 144 valence electrons. The molecule has 0 aliphatic heterocycles. The van der Waals surface area contributed by atoms with E-state index in [0.717, 1.165) is 17.0 Å². The van der Waals surface area contributed by atoms with Crippen molar-refractivity contribution in [1.82, 2.24) is 19.5 Å². The van der Waals surface area contributed by atoms with Gasteiger partial charge in [-0.1, -0.05) is 6.07 Å². The van der Waals surface area contributed by atoms with Crippen molar-refractivity contribution in [2.45, 2.75) is 13.5 Å². The predicted molar refractivity (Wildman–Crippen MR) is 119 cm³/mol. The van der Waals surface area contributed by atoms with Gasteiger partial charge in [0, 0.05) is 53.8 Å². The lowest BCUT2D eigenvalue weighted by molar-refractivity contribution is 0.918. The molecule has 0 saturated heterocycles. The first-order chi connectivity index (χ1) is 14.2. The molecule has 6 heteroatoms. The van der Waals surface area contributed by atoms with E-state index < -0.39 is 0 Å². The number of aryl methyl sites for hydroxylation is 2. The number of aromatic amines is 1. The van der Waals surface area contributed by atoms with Gasteiger partial charge < -0.3 is 20.2 Å². The predicted octanol–water partition coefficient (Wildman–Crippen LogP) is 5.11. The summed E-state index contributed by atoms with van der Waals surface area (Å²) < 4.78 is 2.19. The SMILES string of the molecule is Cc1cc2cc(Nc3ccnc(NCc4ccc5[nH]ccc5c4)n3)ccc2n1C. The van der Waals surface area contributed by atoms with E-state index in [9.17, 15) is 0 Å². The van der Waals surface area contributed by atoms with Gasteiger partial charge in [0.25, 0.3) is 0 Å². The molecular formula is C23H22N6. The van der Waals surface area contributed by atoms with E-state index in [1.165, 1.54) is 27.5 Å². The molecule has 0 aliphatic carbocycles. The van der Waals surface area contributed by atoms with Crippen LogP contribution in [0.2, 0.25) is 0 Å². The minimum atomic E-state index is 0.598. The van der Waals surface area contributed by atoms with Gasteiger partial charge in [-0.15, -0.1) is 0 Å². The zero-order chi connectivity index (χ0) is 19.8. The highest BCUT2D eigenvalue weighted by molar-refractivity contribution is 5.85. The highest BCUT2D eigenvalue weighted by atomic mass is 15.1. The Morgan fingerprint density at radius 1 is 1.00 bits per heavy atom. The van der Waals surface area contributed by atoms with Crippen LogP contribution in [-0.2, 0) is 13.6 Å². The normalized spacial score (nSPS) is 11.2. The van der Waals surface area contributed by atoms with E-state index in [1.807, 2.05) is 12.3 Å². The number of aromatic nitrogens is 4. The highest BCUT2D eigenvalue weighted by Crippen LogP contribution is 2.24. The summed E-state index contributed by atoms with van der Waals surface area (Å²) in [6, 6.07) is 18.8. The Hall–Kier alpha value is -3.80. The second kappa shape index (κ2) is 6.98. The number of benzene rings is 2. The van der Waals surface area contributed by atoms with Gasteiger partial charge in [0.1, 0.15) is 5.82 Å². The fraction of sp³-hybridized carbons (Fsp3) is 0.130. The maximum absolute atomic E-state index is 4.59. The largest absolute Gasteiger partial charge is 0.361 e. The fourth-order valence-electron chi connectivity index (χ4n) is 3.62. The van der Waals surface area contributed by atoms with Gasteiger partial charge in [0.2, 0.25) is 5.95 Å². The molecule has 5 rings (SSSR count). The van der Waals surface area contributed by atoms with Gasteiger partial charge in [0.15, 0.2) is 0 Å². The summed E-state index contributed by atoms with van der Waals surface area (Å²) >= 11 is 0. The zero-order valence-electron chi connectivity index (χ0n) is 16.4. The van der Waals surface area contributed by atoms with Crippen molar-refractivity contribution in [2.75, 3.05) is 10.6 Å². The Morgan fingerprint density at radius 3 is 2.86 bits per heavy atom. The Bertz CT molecular complexity index is 1310. The second-order valence-electron chi connectivity index (χ2n) is 7.26. The van der Waals surface area contributed by atoms with Crippen molar-refractivity contribution in [1.29, 1.82) is 0 Å². The van der Waals surface area contributed by atoms with Crippen molar-refractivity contribution in [3.63, 3.8) is 0 Å². The van der Waals surface area contributed by atoms with Crippen LogP contribution in [0.5, 0.6) is 0 Å². The first kappa shape index (κ1) is 17.3. The number of nitrogens with zero attached hydrogens (tertiary/aromatic N) is 3. The Balaban J connectivity index is 1.31. The molecule has 3 N–H and O–H groups in total. The summed E-state index contributed by atoms with van der Waals surface area (Å²) in [5.41, 5.74) is 5.79. The molecule has 0 aliphatic rings. The Labute approximate surface area is 168 Å². The lowest BCUT2D eigenvalue weighted by atomic mass is 10.1. The molecule has 0 spiro atoms. The first-order valence-corrected chi connectivity index (χ1v) is 9.62. The third-order valence-corrected chi connectivity index (χ3v) is 5.28. The van der Waals surface area contributed by atoms with E-state index >= 15 is 0 Å². The molecule has 0 fully saturated rings. The van der Waals surface area contributed by atoms with Gasteiger partial charge in [-0.25, -0.2) is 4.98 Å². The molecule has 0 amide bonds. The summed E-state index contributed by atoms with van der Waals surface area (Å²) in [5.74, 6) is 1.36. The lowest BCUT2D eigenvalue weighted by Crippen LogP contribution is -2.05. The van der Waals surface area contributed by atoms with Crippen molar-refractivity contribution in [3.05, 3.63) is 78.2 Å². The van der Waals surface area contributed by atoms with Gasteiger partial charge in [-0.3, -0.25) is 0 Å². The third kappa shape index (κ3) is 3.40. The van der Waals surface area contributed by atoms with E-state index in [2.05, 4.69) is 92.7 Å². The van der Waals surface area contributed by atoms with Crippen molar-refractivity contribution >= 4 is 39.3 Å². The molecule has 6 nitrogen and oxygen atoms in total. The summed E-state index contributed by atoms with van der Waals surface area (Å²) in [6.07, 6.45) is 3.71. The monoisotopic (exact) mass is 382 g/mol. The standard InChI is InChI=1S/C23H22N6/c1-15-11-18-13-19(4-6-21(18)29(15)2)27-22-8-10-25-23(28-22)26-14-16-3-5-20-17(12-16)7-9-24-20/h3-13,24H,14H2,1-2H3,(H2,25,26,27,28). The van der Waals surface area contributed by atoms with Gasteiger partial charge in [-0.2, -0.15) is 4.98 Å². The second-order valence-corrected chi connectivity index (χ2v) is 7.26. The minimum Gasteiger partial charge on any atom is -0.361 e. The molecular weight excluding hydrogens is 360 g/mol. The minimum absolute atomic E-state index is 0.598. The summed E-state index contributed by atoms with van der Waals surface area (Å²) in [4.78, 5) is 12.1. The van der Waals surface area contributed by atoms with Crippen LogP contribution >= 0.6 is 0 Å². The van der Waals surface area contributed by atoms with Crippen LogP contribution in [0.25, 0.3) is 21.8 Å². The molecule has 2 aromatic carbocycles. The van der Waals surface area contributed by atoms with Gasteiger partial charge >= 0.3 is 0 Å². The van der Waals surface area contributed by atoms with Crippen LogP contribution in [-0.4, -0.2) is 19.5 Å². The number of hydrogen-bond donors (Lipinski definition) is 3. The van der Waals surface area contributed by atoms with Crippen LogP contribution in [0.1, 0.15) is 11.3 Å². The molecule has 0 saturated carbocycles. The maximum atomic E-state index is 4.59. The van der Waals surface area contributed by atoms with Crippen LogP contribution in [0, 0.1) is 6.92 Å². The topological polar surface area (TPSA) is 70.6 Å². The number of hydrogen-bond acceptors (Lipinski definition) is 4. The summed E-state index contributed by atoms with van der Waals surface area (Å²) in [5, 5.41) is 9.10. The van der Waals surface area contributed by atoms with Crippen LogP contribution in [0.3, 0.4) is 0 Å². The van der Waals surface area contributed by atoms with Gasteiger partial charge in [0.05, 0.1) is 0 Å². The van der Waals surface area contributed by atoms with E-state index in [-0.39, 0.29) is 0 Å². The molecule has 0 unspecified atom stereocenters. The fourth-order valence-corrected chi connectivity index (χ4v) is 3.62. The lowest BCUT2D eigenvalue weighted by Gasteiger charge is -2.09. The van der Waals surface area contributed by atoms with Crippen LogP contribution < -0.4 is 10.6 Å². The van der Waals surface area contributed by atoms with E-state index in [4.69, 9.17) is 0 Å². The number of H-pyrrole nitrogens is 1. The molecule has 0 bridgehead atoms. The Morgan fingerprint density at radius 2 is 1.93 bits per heavy atom. The molecule has 5 aromatic rings. The molecule has 0 atom stereocenters. The Kier molecular flexibility index (Phi) is 4.17. The number of fused-ring (bicyclic) bond motifs is 2. The summed E-state index contributed by atoms with van der Waals surface area (Å²) in [6.45, 7) is 2.78. The summed E-state index contributed by atoms with van der Waals surface area (Å²) in [7, 11) is 2.08.